The summed E-state index contributed by atoms with van der Waals surface area (Å²) in [4.78, 5) is 3.92. The van der Waals surface area contributed by atoms with Crippen LogP contribution in [-0.2, 0) is 17.1 Å². The molecule has 0 fully saturated rings. The SMILES string of the molecule is CCC(NS(=O)(=O)c1cn(C)c(C)n1)C(N)=NO. The Morgan fingerprint density at radius 1 is 1.72 bits per heavy atom. The number of hydrogen-bond donors (Lipinski definition) is 3. The highest BCUT2D eigenvalue weighted by molar-refractivity contribution is 7.89. The number of rotatable bonds is 5. The van der Waals surface area contributed by atoms with E-state index in [0.717, 1.165) is 0 Å². The minimum Gasteiger partial charge on any atom is -0.409 e. The van der Waals surface area contributed by atoms with Gasteiger partial charge in [0.2, 0.25) is 0 Å². The molecule has 0 spiro atoms. The molecule has 4 N–H and O–H groups in total. The predicted molar refractivity (Wildman–Crippen MR) is 65.8 cm³/mol. The third-order valence-corrected chi connectivity index (χ3v) is 3.88. The minimum absolute atomic E-state index is 0.0910. The number of sulfonamides is 1. The van der Waals surface area contributed by atoms with E-state index in [9.17, 15) is 8.42 Å². The molecule has 9 heteroatoms. The molecule has 1 rings (SSSR count). The molecule has 0 saturated heterocycles. The van der Waals surface area contributed by atoms with Gasteiger partial charge in [0, 0.05) is 13.2 Å². The van der Waals surface area contributed by atoms with E-state index >= 15 is 0 Å². The van der Waals surface area contributed by atoms with Gasteiger partial charge >= 0.3 is 0 Å². The molecule has 0 aliphatic heterocycles. The maximum atomic E-state index is 12.0. The zero-order valence-corrected chi connectivity index (χ0v) is 11.3. The number of amidine groups is 1. The van der Waals surface area contributed by atoms with Gasteiger partial charge in [-0.05, 0) is 13.3 Å². The normalized spacial score (nSPS) is 14.7. The summed E-state index contributed by atoms with van der Waals surface area (Å²) in [5, 5.41) is 11.3. The largest absolute Gasteiger partial charge is 0.409 e. The van der Waals surface area contributed by atoms with E-state index in [1.54, 1.807) is 25.5 Å². The summed E-state index contributed by atoms with van der Waals surface area (Å²) < 4.78 is 27.9. The van der Waals surface area contributed by atoms with Gasteiger partial charge in [0.05, 0.1) is 6.04 Å². The Bertz CT molecular complexity index is 529. The Labute approximate surface area is 106 Å². The van der Waals surface area contributed by atoms with E-state index in [1.807, 2.05) is 0 Å². The lowest BCUT2D eigenvalue weighted by atomic mass is 10.2. The molecule has 0 aromatic carbocycles. The lowest BCUT2D eigenvalue weighted by Gasteiger charge is -2.14. The molecule has 1 aromatic rings. The molecule has 1 aromatic heterocycles. The Morgan fingerprint density at radius 2 is 2.33 bits per heavy atom. The first-order valence-corrected chi connectivity index (χ1v) is 6.79. The van der Waals surface area contributed by atoms with Crippen molar-refractivity contribution in [1.29, 1.82) is 0 Å². The molecule has 0 aliphatic carbocycles. The highest BCUT2D eigenvalue weighted by Gasteiger charge is 2.24. The van der Waals surface area contributed by atoms with Crippen molar-refractivity contribution in [2.45, 2.75) is 31.3 Å². The third kappa shape index (κ3) is 2.99. The summed E-state index contributed by atoms with van der Waals surface area (Å²) in [6.07, 6.45) is 1.76. The molecular formula is C9H17N5O3S. The fourth-order valence-electron chi connectivity index (χ4n) is 1.33. The van der Waals surface area contributed by atoms with Crippen molar-refractivity contribution < 1.29 is 13.6 Å². The summed E-state index contributed by atoms with van der Waals surface area (Å²) >= 11 is 0. The Balaban J connectivity index is 3.01. The van der Waals surface area contributed by atoms with Gasteiger partial charge in [-0.2, -0.15) is 4.72 Å². The van der Waals surface area contributed by atoms with E-state index in [4.69, 9.17) is 10.9 Å². The lowest BCUT2D eigenvalue weighted by molar-refractivity contribution is 0.315. The van der Waals surface area contributed by atoms with Crippen LogP contribution in [0.15, 0.2) is 16.4 Å². The van der Waals surface area contributed by atoms with Crippen molar-refractivity contribution in [3.05, 3.63) is 12.0 Å². The van der Waals surface area contributed by atoms with E-state index in [0.29, 0.717) is 12.2 Å². The fourth-order valence-corrected chi connectivity index (χ4v) is 2.66. The quantitative estimate of drug-likeness (QED) is 0.290. The van der Waals surface area contributed by atoms with Crippen LogP contribution in [-0.4, -0.2) is 35.1 Å². The standard InChI is InChI=1S/C9H17N5O3S/c1-4-7(9(10)12-15)13-18(16,17)8-5-14(3)6(2)11-8/h5,7,13,15H,4H2,1-3H3,(H2,10,12). The minimum atomic E-state index is -3.78. The van der Waals surface area contributed by atoms with Crippen LogP contribution < -0.4 is 10.5 Å². The van der Waals surface area contributed by atoms with Gasteiger partial charge in [-0.3, -0.25) is 0 Å². The first-order chi connectivity index (χ1) is 8.31. The predicted octanol–water partition coefficient (Wildman–Crippen LogP) is -0.468. The highest BCUT2D eigenvalue weighted by atomic mass is 32.2. The lowest BCUT2D eigenvalue weighted by Crippen LogP contribution is -2.44. The van der Waals surface area contributed by atoms with Crippen molar-refractivity contribution in [3.8, 4) is 0 Å². The fraction of sp³-hybridized carbons (Fsp3) is 0.556. The number of nitrogens with zero attached hydrogens (tertiary/aromatic N) is 3. The van der Waals surface area contributed by atoms with Crippen LogP contribution in [0.3, 0.4) is 0 Å². The Hall–Kier alpha value is -1.61. The van der Waals surface area contributed by atoms with Crippen LogP contribution in [0.25, 0.3) is 0 Å². The van der Waals surface area contributed by atoms with Gasteiger partial charge in [-0.15, -0.1) is 0 Å². The smallest absolute Gasteiger partial charge is 0.260 e. The van der Waals surface area contributed by atoms with Crippen molar-refractivity contribution in [1.82, 2.24) is 14.3 Å². The topological polar surface area (TPSA) is 123 Å². The monoisotopic (exact) mass is 275 g/mol. The van der Waals surface area contributed by atoms with Gasteiger partial charge < -0.3 is 15.5 Å². The molecule has 1 heterocycles. The molecule has 0 amide bonds. The summed E-state index contributed by atoms with van der Waals surface area (Å²) in [7, 11) is -2.09. The number of nitrogens with two attached hydrogens (primary N) is 1. The number of aromatic nitrogens is 2. The molecular weight excluding hydrogens is 258 g/mol. The van der Waals surface area contributed by atoms with Crippen LogP contribution >= 0.6 is 0 Å². The van der Waals surface area contributed by atoms with E-state index in [1.165, 1.54) is 6.20 Å². The molecule has 1 atom stereocenters. The Morgan fingerprint density at radius 3 is 2.72 bits per heavy atom. The maximum Gasteiger partial charge on any atom is 0.260 e. The number of aryl methyl sites for hydroxylation is 2. The number of oxime groups is 1. The van der Waals surface area contributed by atoms with Crippen LogP contribution in [0.5, 0.6) is 0 Å². The summed E-state index contributed by atoms with van der Waals surface area (Å²) in [5.74, 6) is 0.390. The number of nitrogens with one attached hydrogen (secondary N) is 1. The second kappa shape index (κ2) is 5.36. The third-order valence-electron chi connectivity index (χ3n) is 2.54. The first-order valence-electron chi connectivity index (χ1n) is 5.31. The van der Waals surface area contributed by atoms with Crippen molar-refractivity contribution in [2.24, 2.45) is 17.9 Å². The molecule has 0 bridgehead atoms. The van der Waals surface area contributed by atoms with Crippen LogP contribution in [0.2, 0.25) is 0 Å². The average molecular weight is 275 g/mol. The van der Waals surface area contributed by atoms with Crippen LogP contribution in [0.1, 0.15) is 19.2 Å². The van der Waals surface area contributed by atoms with Gasteiger partial charge in [-0.1, -0.05) is 12.1 Å². The second-order valence-corrected chi connectivity index (χ2v) is 5.51. The van der Waals surface area contributed by atoms with Gasteiger partial charge in [-0.25, -0.2) is 13.4 Å². The van der Waals surface area contributed by atoms with Crippen LogP contribution in [0, 0.1) is 6.92 Å². The molecule has 102 valence electrons. The second-order valence-electron chi connectivity index (χ2n) is 3.84. The molecule has 1 unspecified atom stereocenters. The Kier molecular flexibility index (Phi) is 4.30. The van der Waals surface area contributed by atoms with Crippen molar-refractivity contribution >= 4 is 15.9 Å². The van der Waals surface area contributed by atoms with Crippen LogP contribution in [0.4, 0.5) is 0 Å². The summed E-state index contributed by atoms with van der Waals surface area (Å²) in [6.45, 7) is 3.41. The van der Waals surface area contributed by atoms with Crippen molar-refractivity contribution in [3.63, 3.8) is 0 Å². The summed E-state index contributed by atoms with van der Waals surface area (Å²) in [6, 6.07) is -0.762. The zero-order valence-electron chi connectivity index (χ0n) is 10.5. The van der Waals surface area contributed by atoms with Crippen molar-refractivity contribution in [2.75, 3.05) is 0 Å². The van der Waals surface area contributed by atoms with E-state index in [2.05, 4.69) is 14.9 Å². The van der Waals surface area contributed by atoms with E-state index in [-0.39, 0.29) is 10.9 Å². The zero-order chi connectivity index (χ0) is 13.9. The summed E-state index contributed by atoms with van der Waals surface area (Å²) in [5.41, 5.74) is 5.40. The van der Waals surface area contributed by atoms with Gasteiger partial charge in [0.15, 0.2) is 10.9 Å². The first kappa shape index (κ1) is 14.5. The highest BCUT2D eigenvalue weighted by Crippen LogP contribution is 2.09. The number of hydrogen-bond acceptors (Lipinski definition) is 5. The molecule has 0 aliphatic rings. The molecule has 0 radical (unpaired) electrons. The molecule has 8 nitrogen and oxygen atoms in total. The average Bonchev–Trinajstić information content (AvgIpc) is 2.66. The molecule has 0 saturated carbocycles. The molecule has 18 heavy (non-hydrogen) atoms. The maximum absolute atomic E-state index is 12.0. The van der Waals surface area contributed by atoms with Gasteiger partial charge in [0.1, 0.15) is 5.82 Å². The van der Waals surface area contributed by atoms with Gasteiger partial charge in [0.25, 0.3) is 10.0 Å². The van der Waals surface area contributed by atoms with E-state index < -0.39 is 16.1 Å². The number of imidazole rings is 1.